The van der Waals surface area contributed by atoms with Crippen molar-refractivity contribution in [1.29, 1.82) is 0 Å². The molecule has 2 rings (SSSR count). The molecule has 2 N–H and O–H groups in total. The smallest absolute Gasteiger partial charge is 0.271 e. The molecule has 0 aliphatic heterocycles. The van der Waals surface area contributed by atoms with E-state index in [4.69, 9.17) is 0 Å². The van der Waals surface area contributed by atoms with Gasteiger partial charge in [0.05, 0.1) is 0 Å². The summed E-state index contributed by atoms with van der Waals surface area (Å²) in [5.41, 5.74) is 1.22. The van der Waals surface area contributed by atoms with Crippen molar-refractivity contribution in [3.63, 3.8) is 0 Å². The molecule has 1 aromatic heterocycles. The van der Waals surface area contributed by atoms with E-state index in [0.717, 1.165) is 9.87 Å². The van der Waals surface area contributed by atoms with Crippen molar-refractivity contribution in [3.8, 4) is 11.4 Å². The Labute approximate surface area is 104 Å². The van der Waals surface area contributed by atoms with Crippen molar-refractivity contribution in [1.82, 2.24) is 24.9 Å². The molecule has 0 bridgehead atoms. The maximum Gasteiger partial charge on any atom is 0.301 e. The van der Waals surface area contributed by atoms with Gasteiger partial charge in [0.25, 0.3) is 0 Å². The molecule has 0 aliphatic carbocycles. The fourth-order valence-corrected chi connectivity index (χ4v) is 1.83. The number of aromatic amines is 1. The van der Waals surface area contributed by atoms with E-state index in [1.54, 1.807) is 24.3 Å². The molecule has 1 heterocycles. The predicted octanol–water partition coefficient (Wildman–Crippen LogP) is 0.0850. The summed E-state index contributed by atoms with van der Waals surface area (Å²) in [7, 11) is -0.576. The minimum absolute atomic E-state index is 0.456. The monoisotopic (exact) mass is 268 g/mol. The fourth-order valence-electron chi connectivity index (χ4n) is 1.21. The Morgan fingerprint density at radius 2 is 1.89 bits per heavy atom. The first-order valence-electron chi connectivity index (χ1n) is 5.03. The number of nitrogens with one attached hydrogen (secondary N) is 2. The number of hydrogen-bond donors (Lipinski definition) is 2. The highest BCUT2D eigenvalue weighted by Gasteiger charge is 2.12. The third-order valence-electron chi connectivity index (χ3n) is 2.22. The molecule has 8 nitrogen and oxygen atoms in total. The second kappa shape index (κ2) is 4.70. The van der Waals surface area contributed by atoms with Gasteiger partial charge in [0, 0.05) is 25.3 Å². The number of aromatic nitrogens is 4. The van der Waals surface area contributed by atoms with Gasteiger partial charge < -0.3 is 0 Å². The quantitative estimate of drug-likeness (QED) is 0.817. The van der Waals surface area contributed by atoms with Gasteiger partial charge in [-0.1, -0.05) is 0 Å². The average molecular weight is 268 g/mol. The number of H-pyrrole nitrogens is 1. The summed E-state index contributed by atoms with van der Waals surface area (Å²) in [4.78, 5) is 0. The minimum Gasteiger partial charge on any atom is -0.271 e. The van der Waals surface area contributed by atoms with E-state index in [-0.39, 0.29) is 0 Å². The molecule has 96 valence electrons. The fraction of sp³-hybridized carbons (Fsp3) is 0.222. The van der Waals surface area contributed by atoms with Crippen LogP contribution in [0.25, 0.3) is 11.4 Å². The number of hydrogen-bond acceptors (Lipinski definition) is 5. The van der Waals surface area contributed by atoms with Crippen molar-refractivity contribution in [2.75, 3.05) is 18.8 Å². The number of benzene rings is 1. The molecule has 0 saturated carbocycles. The summed E-state index contributed by atoms with van der Waals surface area (Å²) in [5, 5.41) is 13.4. The lowest BCUT2D eigenvalue weighted by atomic mass is 10.2. The Hall–Kier alpha value is -2.00. The summed E-state index contributed by atoms with van der Waals surface area (Å²) < 4.78 is 26.7. The van der Waals surface area contributed by atoms with Crippen LogP contribution in [0, 0.1) is 0 Å². The van der Waals surface area contributed by atoms with Gasteiger partial charge in [0.1, 0.15) is 0 Å². The molecule has 0 radical (unpaired) electrons. The summed E-state index contributed by atoms with van der Waals surface area (Å²) in [6.45, 7) is 0. The van der Waals surface area contributed by atoms with E-state index >= 15 is 0 Å². The normalized spacial score (nSPS) is 11.7. The van der Waals surface area contributed by atoms with E-state index in [9.17, 15) is 8.42 Å². The van der Waals surface area contributed by atoms with Crippen molar-refractivity contribution >= 4 is 15.9 Å². The number of tetrazole rings is 1. The highest BCUT2D eigenvalue weighted by Crippen LogP contribution is 2.17. The van der Waals surface area contributed by atoms with E-state index in [1.165, 1.54) is 14.1 Å². The van der Waals surface area contributed by atoms with E-state index < -0.39 is 10.2 Å². The van der Waals surface area contributed by atoms with Crippen molar-refractivity contribution in [2.24, 2.45) is 0 Å². The minimum atomic E-state index is -3.48. The first-order chi connectivity index (χ1) is 8.49. The van der Waals surface area contributed by atoms with Gasteiger partial charge in [0.15, 0.2) is 0 Å². The summed E-state index contributed by atoms with van der Waals surface area (Å²) in [6, 6.07) is 6.68. The number of rotatable bonds is 4. The van der Waals surface area contributed by atoms with Crippen LogP contribution in [0.5, 0.6) is 0 Å². The van der Waals surface area contributed by atoms with Gasteiger partial charge in [-0.05, 0) is 29.5 Å². The second-order valence-corrected chi connectivity index (χ2v) is 5.59. The van der Waals surface area contributed by atoms with Crippen LogP contribution in [0.15, 0.2) is 24.3 Å². The van der Waals surface area contributed by atoms with Gasteiger partial charge in [-0.3, -0.25) is 4.72 Å². The summed E-state index contributed by atoms with van der Waals surface area (Å²) in [5.74, 6) is 0.456. The van der Waals surface area contributed by atoms with Crippen LogP contribution in [0.3, 0.4) is 0 Å². The highest BCUT2D eigenvalue weighted by molar-refractivity contribution is 7.90. The van der Waals surface area contributed by atoms with Gasteiger partial charge in [-0.2, -0.15) is 17.9 Å². The lowest BCUT2D eigenvalue weighted by Gasteiger charge is -2.13. The van der Waals surface area contributed by atoms with Crippen LogP contribution in [-0.2, 0) is 10.2 Å². The maximum atomic E-state index is 11.6. The van der Waals surface area contributed by atoms with Crippen LogP contribution < -0.4 is 4.72 Å². The van der Waals surface area contributed by atoms with Crippen LogP contribution in [0.4, 0.5) is 5.69 Å². The SMILES string of the molecule is CN(C)S(=O)(=O)Nc1ccc(-c2nn[nH]n2)cc1. The molecule has 0 unspecified atom stereocenters. The third kappa shape index (κ3) is 2.63. The Morgan fingerprint density at radius 3 is 2.39 bits per heavy atom. The Balaban J connectivity index is 2.19. The molecule has 0 spiro atoms. The molecule has 0 amide bonds. The van der Waals surface area contributed by atoms with Crippen LogP contribution in [-0.4, -0.2) is 47.4 Å². The first-order valence-corrected chi connectivity index (χ1v) is 6.47. The van der Waals surface area contributed by atoms with E-state index in [1.807, 2.05) is 0 Å². The number of anilines is 1. The molecule has 0 atom stereocenters. The molecular formula is C9H12N6O2S. The lowest BCUT2D eigenvalue weighted by molar-refractivity contribution is 0.527. The largest absolute Gasteiger partial charge is 0.301 e. The lowest BCUT2D eigenvalue weighted by Crippen LogP contribution is -2.28. The molecule has 0 aliphatic rings. The molecule has 9 heteroatoms. The molecule has 18 heavy (non-hydrogen) atoms. The summed E-state index contributed by atoms with van der Waals surface area (Å²) in [6.07, 6.45) is 0. The second-order valence-electron chi connectivity index (χ2n) is 3.70. The van der Waals surface area contributed by atoms with Gasteiger partial charge in [0.2, 0.25) is 5.82 Å². The molecule has 2 aromatic rings. The summed E-state index contributed by atoms with van der Waals surface area (Å²) >= 11 is 0. The molecule has 1 aromatic carbocycles. The first kappa shape index (κ1) is 12.5. The Morgan fingerprint density at radius 1 is 1.22 bits per heavy atom. The Kier molecular flexibility index (Phi) is 3.26. The van der Waals surface area contributed by atoms with Gasteiger partial charge in [-0.15, -0.1) is 10.2 Å². The molecule has 0 saturated heterocycles. The Bertz CT molecular complexity index is 605. The van der Waals surface area contributed by atoms with Crippen LogP contribution in [0.2, 0.25) is 0 Å². The van der Waals surface area contributed by atoms with Crippen molar-refractivity contribution in [2.45, 2.75) is 0 Å². The van der Waals surface area contributed by atoms with Crippen molar-refractivity contribution in [3.05, 3.63) is 24.3 Å². The zero-order valence-corrected chi connectivity index (χ0v) is 10.6. The van der Waals surface area contributed by atoms with Gasteiger partial charge >= 0.3 is 10.2 Å². The van der Waals surface area contributed by atoms with Crippen molar-refractivity contribution < 1.29 is 8.42 Å². The third-order valence-corrected chi connectivity index (χ3v) is 3.67. The molecular weight excluding hydrogens is 256 g/mol. The molecule has 0 fully saturated rings. The highest BCUT2D eigenvalue weighted by atomic mass is 32.2. The zero-order valence-electron chi connectivity index (χ0n) is 9.82. The van der Waals surface area contributed by atoms with Crippen LogP contribution >= 0.6 is 0 Å². The van der Waals surface area contributed by atoms with E-state index in [2.05, 4.69) is 25.3 Å². The zero-order chi connectivity index (χ0) is 13.2. The number of nitrogens with zero attached hydrogens (tertiary/aromatic N) is 4. The maximum absolute atomic E-state index is 11.6. The average Bonchev–Trinajstić information content (AvgIpc) is 2.83. The topological polar surface area (TPSA) is 104 Å². The van der Waals surface area contributed by atoms with E-state index in [0.29, 0.717) is 11.5 Å². The standard InChI is InChI=1S/C9H12N6O2S/c1-15(2)18(16,17)12-8-5-3-7(4-6-8)9-10-13-14-11-9/h3-6,12H,1-2H3,(H,10,11,13,14). The van der Waals surface area contributed by atoms with Gasteiger partial charge in [-0.25, -0.2) is 0 Å². The van der Waals surface area contributed by atoms with Crippen LogP contribution in [0.1, 0.15) is 0 Å². The predicted molar refractivity (Wildman–Crippen MR) is 65.8 cm³/mol.